The fraction of sp³-hybridized carbons (Fsp3) is 0.125. The molecule has 2 heterocycles. The SMILES string of the molecule is O=S(=O)(Oc1coc2ccnc(Cl)c12)C(F)(F)F. The van der Waals surface area contributed by atoms with Crippen LogP contribution in [0.1, 0.15) is 0 Å². The van der Waals surface area contributed by atoms with Gasteiger partial charge in [-0.15, -0.1) is 0 Å². The van der Waals surface area contributed by atoms with E-state index in [1.807, 2.05) is 0 Å². The number of alkyl halides is 3. The molecule has 0 saturated heterocycles. The van der Waals surface area contributed by atoms with Gasteiger partial charge in [0, 0.05) is 6.20 Å². The van der Waals surface area contributed by atoms with Crippen molar-refractivity contribution >= 4 is 32.7 Å². The molecule has 2 aromatic heterocycles. The molecular formula is C8H3ClF3NO4S. The summed E-state index contributed by atoms with van der Waals surface area (Å²) >= 11 is 5.62. The van der Waals surface area contributed by atoms with Crippen LogP contribution in [0.15, 0.2) is 22.9 Å². The molecule has 0 N–H and O–H groups in total. The standard InChI is InChI=1S/C8H3ClF3NO4S/c9-7-6-4(1-2-13-7)16-3-5(6)17-18(14,15)8(10,11)12/h1-3H. The zero-order valence-corrected chi connectivity index (χ0v) is 9.80. The van der Waals surface area contributed by atoms with Crippen molar-refractivity contribution in [3.05, 3.63) is 23.7 Å². The minimum atomic E-state index is -5.78. The smallest absolute Gasteiger partial charge is 0.460 e. The molecule has 0 aliphatic rings. The Morgan fingerprint density at radius 2 is 2.06 bits per heavy atom. The molecule has 0 amide bonds. The van der Waals surface area contributed by atoms with E-state index < -0.39 is 21.4 Å². The van der Waals surface area contributed by atoms with Crippen LogP contribution in [-0.2, 0) is 10.1 Å². The molecule has 18 heavy (non-hydrogen) atoms. The molecule has 0 atom stereocenters. The summed E-state index contributed by atoms with van der Waals surface area (Å²) in [5.74, 6) is -0.666. The third kappa shape index (κ3) is 2.10. The number of pyridine rings is 1. The van der Waals surface area contributed by atoms with E-state index in [1.54, 1.807) is 0 Å². The minimum Gasteiger partial charge on any atom is -0.460 e. The quantitative estimate of drug-likeness (QED) is 0.484. The third-order valence-corrected chi connectivity index (χ3v) is 3.14. The van der Waals surface area contributed by atoms with Crippen LogP contribution in [-0.4, -0.2) is 18.9 Å². The van der Waals surface area contributed by atoms with Crippen LogP contribution in [0.3, 0.4) is 0 Å². The summed E-state index contributed by atoms with van der Waals surface area (Å²) in [5.41, 5.74) is -5.48. The zero-order chi connectivity index (χ0) is 13.6. The Hall–Kier alpha value is -1.48. The predicted octanol–water partition coefficient (Wildman–Crippen LogP) is 2.71. The van der Waals surface area contributed by atoms with Crippen LogP contribution in [0.4, 0.5) is 13.2 Å². The Morgan fingerprint density at radius 1 is 1.39 bits per heavy atom. The molecule has 0 bridgehead atoms. The van der Waals surface area contributed by atoms with Crippen LogP contribution in [0, 0.1) is 0 Å². The van der Waals surface area contributed by atoms with Gasteiger partial charge in [-0.05, 0) is 6.07 Å². The van der Waals surface area contributed by atoms with Crippen molar-refractivity contribution < 1.29 is 30.2 Å². The van der Waals surface area contributed by atoms with E-state index in [2.05, 4.69) is 9.17 Å². The highest BCUT2D eigenvalue weighted by molar-refractivity contribution is 7.88. The van der Waals surface area contributed by atoms with Gasteiger partial charge in [0.15, 0.2) is 5.75 Å². The van der Waals surface area contributed by atoms with Gasteiger partial charge in [0.25, 0.3) is 0 Å². The van der Waals surface area contributed by atoms with Gasteiger partial charge < -0.3 is 8.60 Å². The molecule has 2 rings (SSSR count). The molecule has 0 saturated carbocycles. The minimum absolute atomic E-state index is 0.0578. The Kier molecular flexibility index (Phi) is 2.90. The molecule has 5 nitrogen and oxygen atoms in total. The van der Waals surface area contributed by atoms with Crippen molar-refractivity contribution in [1.29, 1.82) is 0 Å². The van der Waals surface area contributed by atoms with E-state index in [0.717, 1.165) is 0 Å². The Bertz CT molecular complexity index is 694. The average Bonchev–Trinajstić information content (AvgIpc) is 2.60. The largest absolute Gasteiger partial charge is 0.534 e. The number of hydrogen-bond acceptors (Lipinski definition) is 5. The van der Waals surface area contributed by atoms with Crippen molar-refractivity contribution in [2.75, 3.05) is 0 Å². The van der Waals surface area contributed by atoms with Gasteiger partial charge in [-0.25, -0.2) is 4.98 Å². The second kappa shape index (κ2) is 4.02. The lowest BCUT2D eigenvalue weighted by Gasteiger charge is -2.07. The van der Waals surface area contributed by atoms with E-state index in [0.29, 0.717) is 6.26 Å². The molecule has 0 spiro atoms. The molecule has 0 radical (unpaired) electrons. The van der Waals surface area contributed by atoms with Crippen LogP contribution in [0.2, 0.25) is 5.15 Å². The summed E-state index contributed by atoms with van der Waals surface area (Å²) in [6.07, 6.45) is 1.96. The van der Waals surface area contributed by atoms with Crippen LogP contribution in [0.5, 0.6) is 5.75 Å². The van der Waals surface area contributed by atoms with E-state index in [4.69, 9.17) is 16.0 Å². The van der Waals surface area contributed by atoms with Crippen molar-refractivity contribution in [2.24, 2.45) is 0 Å². The highest BCUT2D eigenvalue weighted by atomic mass is 35.5. The highest BCUT2D eigenvalue weighted by Gasteiger charge is 2.49. The number of rotatable bonds is 2. The van der Waals surface area contributed by atoms with Crippen molar-refractivity contribution in [1.82, 2.24) is 4.98 Å². The first-order valence-corrected chi connectivity index (χ1v) is 6.03. The highest BCUT2D eigenvalue weighted by Crippen LogP contribution is 2.35. The maximum atomic E-state index is 12.1. The monoisotopic (exact) mass is 301 g/mol. The zero-order valence-electron chi connectivity index (χ0n) is 8.23. The van der Waals surface area contributed by atoms with Crippen LogP contribution in [0.25, 0.3) is 11.0 Å². The van der Waals surface area contributed by atoms with E-state index in [9.17, 15) is 21.6 Å². The summed E-state index contributed by atoms with van der Waals surface area (Å²) in [7, 11) is -5.78. The molecule has 0 fully saturated rings. The maximum absolute atomic E-state index is 12.1. The molecule has 10 heteroatoms. The normalized spacial score (nSPS) is 12.9. The number of fused-ring (bicyclic) bond motifs is 1. The average molecular weight is 302 g/mol. The van der Waals surface area contributed by atoms with Crippen molar-refractivity contribution in [2.45, 2.75) is 5.51 Å². The Balaban J connectivity index is 2.52. The number of halogens is 4. The van der Waals surface area contributed by atoms with E-state index in [1.165, 1.54) is 12.3 Å². The lowest BCUT2D eigenvalue weighted by Crippen LogP contribution is -2.27. The topological polar surface area (TPSA) is 69.4 Å². The molecule has 0 aliphatic carbocycles. The van der Waals surface area contributed by atoms with Crippen LogP contribution >= 0.6 is 11.6 Å². The summed E-state index contributed by atoms with van der Waals surface area (Å²) in [5, 5.41) is -0.374. The van der Waals surface area contributed by atoms with Gasteiger partial charge in [-0.1, -0.05) is 11.6 Å². The van der Waals surface area contributed by atoms with E-state index >= 15 is 0 Å². The fourth-order valence-electron chi connectivity index (χ4n) is 1.14. The lowest BCUT2D eigenvalue weighted by atomic mass is 10.3. The maximum Gasteiger partial charge on any atom is 0.534 e. The first-order valence-electron chi connectivity index (χ1n) is 4.25. The summed E-state index contributed by atoms with van der Waals surface area (Å²) in [6, 6.07) is 1.30. The predicted molar refractivity (Wildman–Crippen MR) is 54.6 cm³/mol. The van der Waals surface area contributed by atoms with Gasteiger partial charge in [-0.2, -0.15) is 21.6 Å². The molecule has 98 valence electrons. The Labute approximate surface area is 103 Å². The number of furan rings is 1. The van der Waals surface area contributed by atoms with Gasteiger partial charge in [0.05, 0.1) is 0 Å². The summed E-state index contributed by atoms with van der Waals surface area (Å²) in [4.78, 5) is 3.58. The van der Waals surface area contributed by atoms with Gasteiger partial charge in [-0.3, -0.25) is 0 Å². The van der Waals surface area contributed by atoms with Crippen molar-refractivity contribution in [3.63, 3.8) is 0 Å². The Morgan fingerprint density at radius 3 is 2.67 bits per heavy atom. The molecule has 0 aromatic carbocycles. The number of hydrogen-bond donors (Lipinski definition) is 0. The second-order valence-electron chi connectivity index (χ2n) is 3.06. The second-order valence-corrected chi connectivity index (χ2v) is 4.95. The molecular weight excluding hydrogens is 299 g/mol. The van der Waals surface area contributed by atoms with Crippen LogP contribution < -0.4 is 4.18 Å². The van der Waals surface area contributed by atoms with Crippen molar-refractivity contribution in [3.8, 4) is 5.75 Å². The first kappa shape index (κ1) is 13.0. The number of aromatic nitrogens is 1. The number of nitrogens with zero attached hydrogens (tertiary/aromatic N) is 1. The summed E-state index contributed by atoms with van der Waals surface area (Å²) in [6.45, 7) is 0. The van der Waals surface area contributed by atoms with Gasteiger partial charge >= 0.3 is 15.6 Å². The lowest BCUT2D eigenvalue weighted by molar-refractivity contribution is -0.0499. The third-order valence-electron chi connectivity index (χ3n) is 1.89. The molecule has 0 unspecified atom stereocenters. The fourth-order valence-corrected chi connectivity index (χ4v) is 1.84. The first-order chi connectivity index (χ1) is 8.22. The van der Waals surface area contributed by atoms with Gasteiger partial charge in [0.1, 0.15) is 22.4 Å². The van der Waals surface area contributed by atoms with Gasteiger partial charge in [0.2, 0.25) is 0 Å². The molecule has 0 aliphatic heterocycles. The molecule has 2 aromatic rings. The van der Waals surface area contributed by atoms with E-state index in [-0.39, 0.29) is 16.1 Å². The summed E-state index contributed by atoms with van der Waals surface area (Å²) < 4.78 is 66.8.